The topological polar surface area (TPSA) is 94.9 Å². The Morgan fingerprint density at radius 3 is 2.45 bits per heavy atom. The Bertz CT molecular complexity index is 676. The van der Waals surface area contributed by atoms with Gasteiger partial charge in [0.2, 0.25) is 0 Å². The van der Waals surface area contributed by atoms with E-state index in [1.54, 1.807) is 4.90 Å². The maximum Gasteiger partial charge on any atom is 0.410 e. The number of likely N-dealkylation sites (tertiary alicyclic amines) is 1. The maximum absolute atomic E-state index is 13.3. The van der Waals surface area contributed by atoms with Crippen molar-refractivity contribution >= 4 is 12.0 Å². The lowest BCUT2D eigenvalue weighted by Gasteiger charge is -2.36. The number of ether oxygens (including phenoxy) is 2. The summed E-state index contributed by atoms with van der Waals surface area (Å²) in [6.07, 6.45) is 4.03. The Morgan fingerprint density at radius 2 is 1.87 bits per heavy atom. The summed E-state index contributed by atoms with van der Waals surface area (Å²) in [5.41, 5.74) is -0.581. The summed E-state index contributed by atoms with van der Waals surface area (Å²) in [7, 11) is 0. The molecule has 0 aromatic rings. The molecule has 174 valence electrons. The molecule has 0 bridgehead atoms. The molecule has 2 unspecified atom stereocenters. The van der Waals surface area contributed by atoms with Crippen LogP contribution in [-0.4, -0.2) is 79.4 Å². The smallest absolute Gasteiger partial charge is 0.410 e. The molecular weight excluding hydrogens is 396 g/mol. The van der Waals surface area contributed by atoms with Crippen molar-refractivity contribution in [3.8, 4) is 6.07 Å². The van der Waals surface area contributed by atoms with E-state index in [4.69, 9.17) is 9.47 Å². The van der Waals surface area contributed by atoms with Gasteiger partial charge in [-0.3, -0.25) is 4.79 Å². The highest BCUT2D eigenvalue weighted by atomic mass is 16.6. The Balaban J connectivity index is 1.67. The summed E-state index contributed by atoms with van der Waals surface area (Å²) in [5, 5.41) is 12.8. The Labute approximate surface area is 186 Å². The van der Waals surface area contributed by atoms with Gasteiger partial charge in [-0.15, -0.1) is 0 Å². The first-order valence-corrected chi connectivity index (χ1v) is 11.7. The number of amides is 2. The molecule has 31 heavy (non-hydrogen) atoms. The van der Waals surface area contributed by atoms with Crippen LogP contribution in [0.5, 0.6) is 0 Å². The predicted octanol–water partition coefficient (Wildman–Crippen LogP) is 2.53. The molecule has 0 aromatic heterocycles. The zero-order valence-corrected chi connectivity index (χ0v) is 19.3. The zero-order chi connectivity index (χ0) is 22.5. The highest BCUT2D eigenvalue weighted by Crippen LogP contribution is 2.40. The van der Waals surface area contributed by atoms with E-state index in [0.29, 0.717) is 57.0 Å². The van der Waals surface area contributed by atoms with E-state index < -0.39 is 17.7 Å². The fraction of sp³-hybridized carbons (Fsp3) is 0.870. The number of morpholine rings is 1. The van der Waals surface area contributed by atoms with E-state index in [2.05, 4.69) is 30.1 Å². The Kier molecular flexibility index (Phi) is 7.82. The van der Waals surface area contributed by atoms with Crippen molar-refractivity contribution < 1.29 is 19.1 Å². The van der Waals surface area contributed by atoms with Crippen molar-refractivity contribution in [1.29, 1.82) is 5.26 Å². The highest BCUT2D eigenvalue weighted by Gasteiger charge is 2.42. The monoisotopic (exact) mass is 434 g/mol. The van der Waals surface area contributed by atoms with Gasteiger partial charge in [-0.25, -0.2) is 4.79 Å². The van der Waals surface area contributed by atoms with Crippen LogP contribution in [0.3, 0.4) is 0 Å². The number of carbonyl (C=O) groups excluding carboxylic acids is 2. The van der Waals surface area contributed by atoms with Crippen molar-refractivity contribution in [2.75, 3.05) is 45.9 Å². The molecule has 3 aliphatic rings. The van der Waals surface area contributed by atoms with E-state index in [1.807, 2.05) is 6.92 Å². The molecular formula is C23H38N4O4. The molecule has 1 N–H and O–H groups in total. The Morgan fingerprint density at radius 1 is 1.19 bits per heavy atom. The molecule has 2 atom stereocenters. The average Bonchev–Trinajstić information content (AvgIpc) is 3.18. The van der Waals surface area contributed by atoms with Crippen LogP contribution in [0.25, 0.3) is 0 Å². The molecule has 0 spiro atoms. The third-order valence-electron chi connectivity index (χ3n) is 7.18. The molecule has 1 aliphatic carbocycles. The van der Waals surface area contributed by atoms with Gasteiger partial charge in [0.15, 0.2) is 6.10 Å². The summed E-state index contributed by atoms with van der Waals surface area (Å²) in [6, 6.07) is 2.32. The SMILES string of the molecule is CCN1CCC(C#N)(NC(=O)C(CC2CCC(C)(C)CC2)OC(=O)N2CCOCC2)C1. The van der Waals surface area contributed by atoms with Crippen LogP contribution in [0.15, 0.2) is 0 Å². The minimum atomic E-state index is -0.911. The molecule has 0 aromatic carbocycles. The number of carbonyl (C=O) groups is 2. The van der Waals surface area contributed by atoms with Crippen molar-refractivity contribution in [3.63, 3.8) is 0 Å². The van der Waals surface area contributed by atoms with Crippen LogP contribution in [-0.2, 0) is 14.3 Å². The quantitative estimate of drug-likeness (QED) is 0.690. The van der Waals surface area contributed by atoms with Gasteiger partial charge in [0.05, 0.1) is 19.3 Å². The summed E-state index contributed by atoms with van der Waals surface area (Å²) in [6.45, 7) is 10.6. The van der Waals surface area contributed by atoms with Crippen molar-refractivity contribution in [3.05, 3.63) is 0 Å². The van der Waals surface area contributed by atoms with Gasteiger partial charge >= 0.3 is 6.09 Å². The molecule has 2 heterocycles. The van der Waals surface area contributed by atoms with Gasteiger partial charge in [-0.05, 0) is 56.4 Å². The van der Waals surface area contributed by atoms with Gasteiger partial charge in [-0.2, -0.15) is 5.26 Å². The predicted molar refractivity (Wildman–Crippen MR) is 116 cm³/mol. The van der Waals surface area contributed by atoms with Gasteiger partial charge in [-0.1, -0.05) is 20.8 Å². The zero-order valence-electron chi connectivity index (χ0n) is 19.3. The molecule has 1 saturated carbocycles. The second kappa shape index (κ2) is 10.2. The number of likely N-dealkylation sites (N-methyl/N-ethyl adjacent to an activating group) is 1. The normalized spacial score (nSPS) is 28.0. The van der Waals surface area contributed by atoms with Crippen LogP contribution < -0.4 is 5.32 Å². The molecule has 3 rings (SSSR count). The van der Waals surface area contributed by atoms with Crippen LogP contribution in [0.1, 0.15) is 59.3 Å². The first-order valence-electron chi connectivity index (χ1n) is 11.7. The standard InChI is InChI=1S/C23H38N4O4/c1-4-26-10-9-23(16-24,17-26)25-20(28)19(15-18-5-7-22(2,3)8-6-18)31-21(29)27-11-13-30-14-12-27/h18-19H,4-15,17H2,1-3H3,(H,25,28). The molecule has 3 fully saturated rings. The van der Waals surface area contributed by atoms with Gasteiger partial charge in [0.1, 0.15) is 5.54 Å². The van der Waals surface area contributed by atoms with E-state index in [9.17, 15) is 14.9 Å². The number of rotatable bonds is 6. The second-order valence-corrected chi connectivity index (χ2v) is 10.1. The van der Waals surface area contributed by atoms with Crippen LogP contribution in [0.2, 0.25) is 0 Å². The lowest BCUT2D eigenvalue weighted by molar-refractivity contribution is -0.133. The molecule has 2 aliphatic heterocycles. The number of hydrogen-bond donors (Lipinski definition) is 1. The second-order valence-electron chi connectivity index (χ2n) is 10.1. The number of nitrogens with zero attached hydrogens (tertiary/aromatic N) is 3. The largest absolute Gasteiger partial charge is 0.436 e. The fourth-order valence-corrected chi connectivity index (χ4v) is 4.84. The van der Waals surface area contributed by atoms with Gasteiger partial charge in [0, 0.05) is 26.2 Å². The fourth-order valence-electron chi connectivity index (χ4n) is 4.84. The maximum atomic E-state index is 13.3. The lowest BCUT2D eigenvalue weighted by atomic mass is 9.72. The molecule has 8 nitrogen and oxygen atoms in total. The average molecular weight is 435 g/mol. The highest BCUT2D eigenvalue weighted by molar-refractivity contribution is 5.84. The minimum Gasteiger partial charge on any atom is -0.436 e. The van der Waals surface area contributed by atoms with Crippen LogP contribution >= 0.6 is 0 Å². The first kappa shape index (κ1) is 23.8. The summed E-state index contributed by atoms with van der Waals surface area (Å²) in [4.78, 5) is 29.8. The lowest BCUT2D eigenvalue weighted by Crippen LogP contribution is -2.54. The molecule has 2 amide bonds. The third-order valence-corrected chi connectivity index (χ3v) is 7.18. The minimum absolute atomic E-state index is 0.330. The number of nitriles is 1. The molecule has 8 heteroatoms. The third kappa shape index (κ3) is 6.33. The van der Waals surface area contributed by atoms with E-state index in [0.717, 1.165) is 38.8 Å². The number of nitrogens with one attached hydrogen (secondary N) is 1. The summed E-state index contributed by atoms with van der Waals surface area (Å²) < 4.78 is 11.1. The van der Waals surface area contributed by atoms with E-state index >= 15 is 0 Å². The molecule has 2 saturated heterocycles. The van der Waals surface area contributed by atoms with Crippen molar-refractivity contribution in [2.24, 2.45) is 11.3 Å². The van der Waals surface area contributed by atoms with Crippen molar-refractivity contribution in [1.82, 2.24) is 15.1 Å². The Hall–Kier alpha value is -1.85. The summed E-state index contributed by atoms with van der Waals surface area (Å²) >= 11 is 0. The number of hydrogen-bond acceptors (Lipinski definition) is 6. The van der Waals surface area contributed by atoms with Crippen molar-refractivity contribution in [2.45, 2.75) is 70.9 Å². The van der Waals surface area contributed by atoms with Crippen LogP contribution in [0.4, 0.5) is 4.79 Å². The molecule has 0 radical (unpaired) electrons. The summed E-state index contributed by atoms with van der Waals surface area (Å²) in [5.74, 6) is 0.000893. The van der Waals surface area contributed by atoms with E-state index in [1.165, 1.54) is 0 Å². The van der Waals surface area contributed by atoms with Crippen LogP contribution in [0, 0.1) is 22.7 Å². The van der Waals surface area contributed by atoms with E-state index in [-0.39, 0.29) is 5.91 Å². The van der Waals surface area contributed by atoms with Gasteiger partial charge in [0.25, 0.3) is 5.91 Å². The van der Waals surface area contributed by atoms with Gasteiger partial charge < -0.3 is 24.6 Å². The first-order chi connectivity index (χ1) is 14.8.